The van der Waals surface area contributed by atoms with Gasteiger partial charge in [-0.15, -0.1) is 0 Å². The summed E-state index contributed by atoms with van der Waals surface area (Å²) in [6.07, 6.45) is 1.51. The molecule has 0 fully saturated rings. The highest BCUT2D eigenvalue weighted by Gasteiger charge is 2.09. The molecule has 102 valence electrons. The van der Waals surface area contributed by atoms with Crippen molar-refractivity contribution >= 4 is 22.6 Å². The SMILES string of the molecule is CC(C)(C)NNCc1cc2cc(Cl)cnc2[nH]c1=O. The number of halogens is 1. The Labute approximate surface area is 116 Å². The molecule has 0 amide bonds. The standard InChI is InChI=1S/C13H17ClN4O/c1-13(2,3)18-16-6-9-4-8-5-10(14)7-15-11(8)17-12(9)19/h4-5,7,16,18H,6H2,1-3H3,(H,15,17,19). The van der Waals surface area contributed by atoms with Crippen LogP contribution in [0.25, 0.3) is 11.0 Å². The van der Waals surface area contributed by atoms with Gasteiger partial charge in [0.15, 0.2) is 0 Å². The molecule has 0 unspecified atom stereocenters. The van der Waals surface area contributed by atoms with Gasteiger partial charge >= 0.3 is 0 Å². The molecule has 3 N–H and O–H groups in total. The molecule has 0 aliphatic rings. The van der Waals surface area contributed by atoms with E-state index in [4.69, 9.17) is 11.6 Å². The predicted molar refractivity (Wildman–Crippen MR) is 77.1 cm³/mol. The van der Waals surface area contributed by atoms with E-state index in [1.54, 1.807) is 12.1 Å². The Hall–Kier alpha value is -1.43. The minimum Gasteiger partial charge on any atom is -0.306 e. The van der Waals surface area contributed by atoms with E-state index in [9.17, 15) is 4.79 Å². The Morgan fingerprint density at radius 3 is 2.79 bits per heavy atom. The van der Waals surface area contributed by atoms with Crippen LogP contribution in [0.3, 0.4) is 0 Å². The van der Waals surface area contributed by atoms with Gasteiger partial charge in [-0.1, -0.05) is 11.6 Å². The number of hydrazine groups is 1. The minimum absolute atomic E-state index is 0.0610. The lowest BCUT2D eigenvalue weighted by molar-refractivity contribution is 0.355. The number of hydrogen-bond donors (Lipinski definition) is 3. The number of aromatic amines is 1. The quantitative estimate of drug-likeness (QED) is 0.752. The smallest absolute Gasteiger partial charge is 0.254 e. The molecule has 0 atom stereocenters. The molecule has 2 aromatic heterocycles. The zero-order valence-electron chi connectivity index (χ0n) is 11.2. The second-order valence-corrected chi connectivity index (χ2v) is 5.88. The number of rotatable bonds is 3. The molecule has 2 rings (SSSR count). The first kappa shape index (κ1) is 14.0. The molecule has 0 aliphatic heterocycles. The van der Waals surface area contributed by atoms with Crippen molar-refractivity contribution in [1.82, 2.24) is 20.8 Å². The van der Waals surface area contributed by atoms with E-state index in [2.05, 4.69) is 20.8 Å². The van der Waals surface area contributed by atoms with Crippen molar-refractivity contribution in [2.24, 2.45) is 0 Å². The topological polar surface area (TPSA) is 69.8 Å². The van der Waals surface area contributed by atoms with Crippen molar-refractivity contribution in [3.63, 3.8) is 0 Å². The van der Waals surface area contributed by atoms with Gasteiger partial charge in [0.2, 0.25) is 0 Å². The Kier molecular flexibility index (Phi) is 3.89. The van der Waals surface area contributed by atoms with Crippen LogP contribution >= 0.6 is 11.6 Å². The highest BCUT2D eigenvalue weighted by molar-refractivity contribution is 6.31. The monoisotopic (exact) mass is 280 g/mol. The van der Waals surface area contributed by atoms with E-state index in [1.807, 2.05) is 20.8 Å². The van der Waals surface area contributed by atoms with Crippen LogP contribution < -0.4 is 16.4 Å². The fraction of sp³-hybridized carbons (Fsp3) is 0.385. The van der Waals surface area contributed by atoms with Gasteiger partial charge in [-0.2, -0.15) is 0 Å². The van der Waals surface area contributed by atoms with Crippen molar-refractivity contribution in [1.29, 1.82) is 0 Å². The fourth-order valence-electron chi connectivity index (χ4n) is 1.65. The summed E-state index contributed by atoms with van der Waals surface area (Å²) in [5.74, 6) is 0. The van der Waals surface area contributed by atoms with Crippen molar-refractivity contribution in [3.05, 3.63) is 39.3 Å². The molecule has 6 heteroatoms. The Morgan fingerprint density at radius 1 is 1.37 bits per heavy atom. The van der Waals surface area contributed by atoms with E-state index in [0.29, 0.717) is 22.8 Å². The summed E-state index contributed by atoms with van der Waals surface area (Å²) in [6.45, 7) is 6.53. The van der Waals surface area contributed by atoms with Crippen LogP contribution in [0.2, 0.25) is 5.02 Å². The Bertz CT molecular complexity index is 645. The molecule has 0 saturated carbocycles. The second-order valence-electron chi connectivity index (χ2n) is 5.44. The van der Waals surface area contributed by atoms with Gasteiger partial charge in [-0.3, -0.25) is 15.6 Å². The van der Waals surface area contributed by atoms with Crippen LogP contribution in [0.4, 0.5) is 0 Å². The highest BCUT2D eigenvalue weighted by atomic mass is 35.5. The number of pyridine rings is 2. The number of nitrogens with one attached hydrogen (secondary N) is 3. The van der Waals surface area contributed by atoms with Crippen LogP contribution in [0.1, 0.15) is 26.3 Å². The van der Waals surface area contributed by atoms with Crippen molar-refractivity contribution in [2.75, 3.05) is 0 Å². The fourth-order valence-corrected chi connectivity index (χ4v) is 1.81. The summed E-state index contributed by atoms with van der Waals surface area (Å²) in [5, 5.41) is 1.37. The predicted octanol–water partition coefficient (Wildman–Crippen LogP) is 1.97. The summed E-state index contributed by atoms with van der Waals surface area (Å²) in [6, 6.07) is 3.57. The van der Waals surface area contributed by atoms with Gasteiger partial charge in [0.25, 0.3) is 5.56 Å². The average Bonchev–Trinajstić information content (AvgIpc) is 2.29. The molecule has 2 aromatic rings. The molecule has 0 aromatic carbocycles. The summed E-state index contributed by atoms with van der Waals surface area (Å²) in [7, 11) is 0. The van der Waals surface area contributed by atoms with Crippen LogP contribution in [-0.4, -0.2) is 15.5 Å². The molecule has 0 radical (unpaired) electrons. The lowest BCUT2D eigenvalue weighted by Crippen LogP contribution is -2.46. The van der Waals surface area contributed by atoms with E-state index < -0.39 is 0 Å². The van der Waals surface area contributed by atoms with Crippen LogP contribution in [0.15, 0.2) is 23.1 Å². The molecule has 0 aliphatic carbocycles. The lowest BCUT2D eigenvalue weighted by atomic mass is 10.1. The first-order chi connectivity index (χ1) is 8.85. The second kappa shape index (κ2) is 5.28. The summed E-state index contributed by atoms with van der Waals surface area (Å²) in [5.41, 5.74) is 7.12. The third-order valence-corrected chi connectivity index (χ3v) is 2.69. The van der Waals surface area contributed by atoms with Crippen molar-refractivity contribution < 1.29 is 0 Å². The molecule has 2 heterocycles. The minimum atomic E-state index is -0.148. The van der Waals surface area contributed by atoms with E-state index in [0.717, 1.165) is 5.39 Å². The number of fused-ring (bicyclic) bond motifs is 1. The van der Waals surface area contributed by atoms with Gasteiger partial charge in [-0.05, 0) is 32.9 Å². The third-order valence-electron chi connectivity index (χ3n) is 2.48. The summed E-state index contributed by atoms with van der Waals surface area (Å²) < 4.78 is 0. The van der Waals surface area contributed by atoms with Gasteiger partial charge in [0.1, 0.15) is 5.65 Å². The van der Waals surface area contributed by atoms with Crippen LogP contribution in [-0.2, 0) is 6.54 Å². The maximum atomic E-state index is 11.9. The number of nitrogens with zero attached hydrogens (tertiary/aromatic N) is 1. The van der Waals surface area contributed by atoms with Gasteiger partial charge < -0.3 is 4.98 Å². The van der Waals surface area contributed by atoms with Crippen molar-refractivity contribution in [3.8, 4) is 0 Å². The third kappa shape index (κ3) is 3.76. The lowest BCUT2D eigenvalue weighted by Gasteiger charge is -2.21. The highest BCUT2D eigenvalue weighted by Crippen LogP contribution is 2.14. The molecule has 5 nitrogen and oxygen atoms in total. The molecule has 0 spiro atoms. The Balaban J connectivity index is 2.23. The molecule has 0 bridgehead atoms. The van der Waals surface area contributed by atoms with E-state index >= 15 is 0 Å². The first-order valence-corrected chi connectivity index (χ1v) is 6.40. The molecular formula is C13H17ClN4O. The number of H-pyrrole nitrogens is 1. The number of aromatic nitrogens is 2. The van der Waals surface area contributed by atoms with E-state index in [1.165, 1.54) is 6.20 Å². The zero-order chi connectivity index (χ0) is 14.0. The maximum absolute atomic E-state index is 11.9. The molecule has 0 saturated heterocycles. The largest absolute Gasteiger partial charge is 0.306 e. The average molecular weight is 281 g/mol. The van der Waals surface area contributed by atoms with E-state index in [-0.39, 0.29) is 11.1 Å². The number of hydrogen-bond acceptors (Lipinski definition) is 4. The van der Waals surface area contributed by atoms with Crippen LogP contribution in [0.5, 0.6) is 0 Å². The first-order valence-electron chi connectivity index (χ1n) is 6.03. The van der Waals surface area contributed by atoms with Crippen LogP contribution in [0, 0.1) is 0 Å². The Morgan fingerprint density at radius 2 is 2.11 bits per heavy atom. The summed E-state index contributed by atoms with van der Waals surface area (Å²) in [4.78, 5) is 18.7. The summed E-state index contributed by atoms with van der Waals surface area (Å²) >= 11 is 5.89. The maximum Gasteiger partial charge on any atom is 0.254 e. The molecular weight excluding hydrogens is 264 g/mol. The van der Waals surface area contributed by atoms with Gasteiger partial charge in [0, 0.05) is 29.2 Å². The zero-order valence-corrected chi connectivity index (χ0v) is 11.9. The van der Waals surface area contributed by atoms with Gasteiger partial charge in [-0.25, -0.2) is 4.98 Å². The normalized spacial score (nSPS) is 12.0. The molecule has 19 heavy (non-hydrogen) atoms. The van der Waals surface area contributed by atoms with Gasteiger partial charge in [0.05, 0.1) is 5.02 Å². The van der Waals surface area contributed by atoms with Crippen molar-refractivity contribution in [2.45, 2.75) is 32.9 Å².